The van der Waals surface area contributed by atoms with Crippen molar-refractivity contribution in [3.8, 4) is 18.2 Å². The standard InChI is InChI=1S/C26H27F3N4O3S2.C2H6.CH2O2/c1-7-10-35-21-14-31-20(13-32-21)19(28)12-16-8-9-18(27)17(11-16)22-15(2)23(22)37-24(30-6)33(38-29)25(34)36-26(3,4)5;1-2;2-1-3/h1,8-9,11-15,22-23H,10H2,2-6H3;1-2H3;1H,(H,2,3)/b19-12-,30-24?;;. The Balaban J connectivity index is 0.00000174. The number of aliphatic imine (C=N–C) groups is 1. The zero-order chi connectivity index (χ0) is 32.7. The highest BCUT2D eigenvalue weighted by atomic mass is 32.2. The van der Waals surface area contributed by atoms with Crippen LogP contribution in [0, 0.1) is 24.1 Å². The summed E-state index contributed by atoms with van der Waals surface area (Å²) in [6.45, 7) is 10.7. The summed E-state index contributed by atoms with van der Waals surface area (Å²) in [6, 6.07) is 4.28. The van der Waals surface area contributed by atoms with Crippen molar-refractivity contribution in [3.63, 3.8) is 0 Å². The highest BCUT2D eigenvalue weighted by Crippen LogP contribution is 2.56. The van der Waals surface area contributed by atoms with Crippen molar-refractivity contribution < 1.29 is 36.8 Å². The number of terminal acetylenes is 1. The van der Waals surface area contributed by atoms with Gasteiger partial charge in [0, 0.05) is 18.2 Å². The van der Waals surface area contributed by atoms with E-state index in [-0.39, 0.29) is 59.2 Å². The summed E-state index contributed by atoms with van der Waals surface area (Å²) in [4.78, 5) is 32.8. The molecule has 1 aliphatic carbocycles. The highest BCUT2D eigenvalue weighted by molar-refractivity contribution is 8.15. The SMILES string of the molecule is C#CCOc1cnc(/C(F)=C/c2ccc(F)c(C3C(C)C3SC(=NC)N(SF)C(=O)OC(C)(C)C)c2)cn1.CC.O=CO. The molecule has 1 saturated carbocycles. The molecule has 0 aliphatic heterocycles. The summed E-state index contributed by atoms with van der Waals surface area (Å²) < 4.78 is 54.4. The average Bonchev–Trinajstić information content (AvgIpc) is 3.61. The molecule has 1 aromatic heterocycles. The molecule has 0 spiro atoms. The molecule has 3 atom stereocenters. The fourth-order valence-corrected chi connectivity index (χ4v) is 5.38. The van der Waals surface area contributed by atoms with Gasteiger partial charge in [0.1, 0.15) is 17.1 Å². The first-order valence-electron chi connectivity index (χ1n) is 13.0. The maximum atomic E-state index is 14.8. The van der Waals surface area contributed by atoms with Gasteiger partial charge in [0.15, 0.2) is 29.9 Å². The number of carboxylic acid groups (broad SMARTS) is 1. The first-order chi connectivity index (χ1) is 20.4. The molecule has 2 aromatic rings. The van der Waals surface area contributed by atoms with Gasteiger partial charge < -0.3 is 14.6 Å². The number of amides is 1. The van der Waals surface area contributed by atoms with Crippen LogP contribution in [-0.4, -0.2) is 61.6 Å². The van der Waals surface area contributed by atoms with E-state index >= 15 is 0 Å². The topological polar surface area (TPSA) is 114 Å². The van der Waals surface area contributed by atoms with Crippen LogP contribution in [0.15, 0.2) is 35.6 Å². The normalized spacial score (nSPS) is 17.7. The van der Waals surface area contributed by atoms with Gasteiger partial charge in [0.25, 0.3) is 6.47 Å². The van der Waals surface area contributed by atoms with Crippen molar-refractivity contribution in [2.75, 3.05) is 13.7 Å². The Bertz CT molecular complexity index is 1310. The number of aromatic nitrogens is 2. The van der Waals surface area contributed by atoms with Gasteiger partial charge >= 0.3 is 6.09 Å². The molecule has 1 aromatic carbocycles. The molecule has 3 rings (SSSR count). The predicted molar refractivity (Wildman–Crippen MR) is 165 cm³/mol. The molecule has 0 radical (unpaired) electrons. The number of thioether (sulfide) groups is 1. The Morgan fingerprint density at radius 2 is 1.93 bits per heavy atom. The fourth-order valence-electron chi connectivity index (χ4n) is 3.58. The van der Waals surface area contributed by atoms with Crippen molar-refractivity contribution in [3.05, 3.63) is 53.2 Å². The largest absolute Gasteiger partial charge is 0.483 e. The van der Waals surface area contributed by atoms with Crippen LogP contribution in [0.1, 0.15) is 64.3 Å². The second-order valence-electron chi connectivity index (χ2n) is 9.43. The fraction of sp³-hybridized carbons (Fsp3) is 0.414. The number of hydrogen-bond donors (Lipinski definition) is 1. The van der Waals surface area contributed by atoms with E-state index in [9.17, 15) is 17.5 Å². The van der Waals surface area contributed by atoms with Gasteiger partial charge in [-0.05, 0) is 56.0 Å². The van der Waals surface area contributed by atoms with Crippen LogP contribution < -0.4 is 4.74 Å². The van der Waals surface area contributed by atoms with E-state index < -0.39 is 23.3 Å². The van der Waals surface area contributed by atoms with E-state index in [1.807, 2.05) is 20.8 Å². The molecular weight excluding hydrogens is 605 g/mol. The van der Waals surface area contributed by atoms with Gasteiger partial charge in [0.2, 0.25) is 5.88 Å². The number of carbonyl (C=O) groups is 2. The molecule has 1 aliphatic rings. The molecule has 14 heteroatoms. The van der Waals surface area contributed by atoms with Crippen LogP contribution in [0.5, 0.6) is 5.88 Å². The summed E-state index contributed by atoms with van der Waals surface area (Å²) in [5.74, 6) is 1.08. The van der Waals surface area contributed by atoms with Crippen LogP contribution in [-0.2, 0) is 9.53 Å². The zero-order valence-corrected chi connectivity index (χ0v) is 26.5. The van der Waals surface area contributed by atoms with E-state index in [0.717, 1.165) is 16.1 Å². The minimum absolute atomic E-state index is 0.0122. The third-order valence-corrected chi connectivity index (χ3v) is 7.53. The maximum Gasteiger partial charge on any atom is 0.428 e. The Labute approximate surface area is 258 Å². The van der Waals surface area contributed by atoms with Gasteiger partial charge in [-0.2, -0.15) is 4.31 Å². The predicted octanol–water partition coefficient (Wildman–Crippen LogP) is 7.41. The number of carbonyl (C=O) groups excluding carboxylic acids is 1. The lowest BCUT2D eigenvalue weighted by Gasteiger charge is -2.24. The van der Waals surface area contributed by atoms with Crippen LogP contribution in [0.25, 0.3) is 11.9 Å². The minimum Gasteiger partial charge on any atom is -0.483 e. The first-order valence-corrected chi connectivity index (χ1v) is 14.5. The lowest BCUT2D eigenvalue weighted by atomic mass is 10.0. The Morgan fingerprint density at radius 3 is 2.44 bits per heavy atom. The molecule has 0 saturated heterocycles. The van der Waals surface area contributed by atoms with E-state index in [2.05, 4.69) is 20.9 Å². The third-order valence-electron chi connectivity index (χ3n) is 5.38. The molecule has 1 N–H and O–H groups in total. The summed E-state index contributed by atoms with van der Waals surface area (Å²) in [7, 11) is 1.43. The number of benzene rings is 1. The first kappa shape index (κ1) is 37.3. The summed E-state index contributed by atoms with van der Waals surface area (Å²) in [6.07, 6.45) is 7.93. The molecule has 234 valence electrons. The number of rotatable bonds is 7. The smallest absolute Gasteiger partial charge is 0.428 e. The van der Waals surface area contributed by atoms with Crippen molar-refractivity contribution in [1.29, 1.82) is 0 Å². The second-order valence-corrected chi connectivity index (χ2v) is 11.1. The summed E-state index contributed by atoms with van der Waals surface area (Å²) >= 11 is 0.847. The molecule has 0 bridgehead atoms. The average molecular weight is 641 g/mol. The highest BCUT2D eigenvalue weighted by Gasteiger charge is 2.51. The van der Waals surface area contributed by atoms with Gasteiger partial charge in [0.05, 0.1) is 12.4 Å². The quantitative estimate of drug-likeness (QED) is 0.109. The Kier molecular flexibility index (Phi) is 15.7. The Morgan fingerprint density at radius 1 is 1.28 bits per heavy atom. The van der Waals surface area contributed by atoms with E-state index in [1.165, 1.54) is 37.7 Å². The lowest BCUT2D eigenvalue weighted by molar-refractivity contribution is -0.122. The van der Waals surface area contributed by atoms with Crippen LogP contribution in [0.2, 0.25) is 0 Å². The third kappa shape index (κ3) is 11.5. The number of nitrogens with zero attached hydrogens (tertiary/aromatic N) is 4. The molecule has 1 fully saturated rings. The van der Waals surface area contributed by atoms with Crippen molar-refractivity contribution in [2.24, 2.45) is 10.9 Å². The number of ether oxygens (including phenoxy) is 2. The summed E-state index contributed by atoms with van der Waals surface area (Å²) in [5, 5.41) is 6.80. The van der Waals surface area contributed by atoms with E-state index in [4.69, 9.17) is 25.8 Å². The minimum atomic E-state index is -0.893. The lowest BCUT2D eigenvalue weighted by Crippen LogP contribution is -2.35. The number of amidine groups is 1. The number of halogens is 3. The van der Waals surface area contributed by atoms with Gasteiger partial charge in [-0.1, -0.05) is 44.5 Å². The zero-order valence-electron chi connectivity index (χ0n) is 24.9. The maximum absolute atomic E-state index is 14.8. The Hall–Kier alpha value is -3.70. The van der Waals surface area contributed by atoms with Gasteiger partial charge in [-0.15, -0.1) is 10.3 Å². The number of hydrogen-bond acceptors (Lipinski definition) is 9. The molecule has 43 heavy (non-hydrogen) atoms. The van der Waals surface area contributed by atoms with Gasteiger partial charge in [-0.25, -0.2) is 23.5 Å². The van der Waals surface area contributed by atoms with Crippen molar-refractivity contribution in [1.82, 2.24) is 14.3 Å². The molecular formula is C29H35F3N4O5S2. The summed E-state index contributed by atoms with van der Waals surface area (Å²) in [5.41, 5.74) is -0.0327. The van der Waals surface area contributed by atoms with Crippen LogP contribution in [0.4, 0.5) is 17.5 Å². The molecule has 3 unspecified atom stereocenters. The second kappa shape index (κ2) is 18.1. The van der Waals surface area contributed by atoms with E-state index in [0.29, 0.717) is 11.1 Å². The van der Waals surface area contributed by atoms with Gasteiger partial charge in [-0.3, -0.25) is 9.79 Å². The van der Waals surface area contributed by atoms with Crippen LogP contribution in [0.3, 0.4) is 0 Å². The van der Waals surface area contributed by atoms with E-state index in [1.54, 1.807) is 26.8 Å². The molecule has 1 heterocycles. The monoisotopic (exact) mass is 640 g/mol. The van der Waals surface area contributed by atoms with Crippen LogP contribution >= 0.6 is 24.1 Å². The molecule has 9 nitrogen and oxygen atoms in total. The van der Waals surface area contributed by atoms with Crippen molar-refractivity contribution in [2.45, 2.75) is 58.3 Å². The molecule has 1 amide bonds. The van der Waals surface area contributed by atoms with Crippen molar-refractivity contribution >= 4 is 53.7 Å².